The molecule has 40 heavy (non-hydrogen) atoms. The first kappa shape index (κ1) is 26.6. The second-order valence-electron chi connectivity index (χ2n) is 10.6. The molecule has 2 aromatic carbocycles. The number of benzene rings is 2. The lowest BCUT2D eigenvalue weighted by atomic mass is 10.0. The number of methoxy groups -OCH3 is 1. The van der Waals surface area contributed by atoms with Gasteiger partial charge in [0.25, 0.3) is 5.56 Å². The zero-order valence-corrected chi connectivity index (χ0v) is 23.3. The minimum absolute atomic E-state index is 0.109. The average Bonchev–Trinajstić information content (AvgIpc) is 3.53. The van der Waals surface area contributed by atoms with Crippen molar-refractivity contribution in [3.8, 4) is 34.3 Å². The molecule has 212 valence electrons. The molecule has 0 radical (unpaired) electrons. The van der Waals surface area contributed by atoms with E-state index in [-0.39, 0.29) is 18.1 Å². The quantitative estimate of drug-likeness (QED) is 0.277. The summed E-state index contributed by atoms with van der Waals surface area (Å²) in [5, 5.41) is 1.000. The largest absolute Gasteiger partial charge is 0.493 e. The van der Waals surface area contributed by atoms with Crippen molar-refractivity contribution in [2.45, 2.75) is 19.4 Å². The van der Waals surface area contributed by atoms with Gasteiger partial charge in [0.2, 0.25) is 6.79 Å². The number of rotatable bonds is 10. The van der Waals surface area contributed by atoms with E-state index in [1.165, 1.54) is 0 Å². The van der Waals surface area contributed by atoms with Gasteiger partial charge in [0, 0.05) is 49.2 Å². The van der Waals surface area contributed by atoms with E-state index in [1.54, 1.807) is 29.9 Å². The topological polar surface area (TPSA) is 91.7 Å². The minimum atomic E-state index is -0.161. The molecule has 0 amide bonds. The molecule has 0 N–H and O–H groups in total. The molecule has 2 aliphatic heterocycles. The van der Waals surface area contributed by atoms with Gasteiger partial charge in [0.05, 0.1) is 43.6 Å². The van der Waals surface area contributed by atoms with Crippen LogP contribution in [-0.2, 0) is 11.3 Å². The van der Waals surface area contributed by atoms with Gasteiger partial charge in [-0.05, 0) is 51.2 Å². The fraction of sp³-hybridized carbons (Fsp3) is 0.467. The molecule has 3 aliphatic rings. The van der Waals surface area contributed by atoms with Gasteiger partial charge < -0.3 is 33.2 Å². The highest BCUT2D eigenvalue weighted by Gasteiger charge is 2.35. The average molecular weight is 550 g/mol. The van der Waals surface area contributed by atoms with E-state index in [2.05, 4.69) is 9.80 Å². The number of ether oxygens (including phenoxy) is 5. The maximum Gasteiger partial charge on any atom is 0.259 e. The summed E-state index contributed by atoms with van der Waals surface area (Å²) >= 11 is 0. The van der Waals surface area contributed by atoms with Crippen LogP contribution < -0.4 is 24.5 Å². The van der Waals surface area contributed by atoms with Crippen LogP contribution >= 0.6 is 0 Å². The van der Waals surface area contributed by atoms with E-state index in [0.717, 1.165) is 52.2 Å². The predicted molar refractivity (Wildman–Crippen MR) is 150 cm³/mol. The lowest BCUT2D eigenvalue weighted by Crippen LogP contribution is -2.37. The van der Waals surface area contributed by atoms with Crippen LogP contribution in [0.15, 0.2) is 29.1 Å². The van der Waals surface area contributed by atoms with Gasteiger partial charge in [-0.15, -0.1) is 0 Å². The summed E-state index contributed by atoms with van der Waals surface area (Å²) in [6.45, 7) is 5.99. The second kappa shape index (κ2) is 11.1. The Morgan fingerprint density at radius 1 is 0.900 bits per heavy atom. The number of pyridine rings is 1. The number of aromatic nitrogens is 1. The number of carbonyl (C=O) groups is 1. The first-order valence-electron chi connectivity index (χ1n) is 13.8. The fourth-order valence-electron chi connectivity index (χ4n) is 5.75. The maximum absolute atomic E-state index is 14.1. The van der Waals surface area contributed by atoms with Crippen LogP contribution in [0.5, 0.6) is 23.0 Å². The summed E-state index contributed by atoms with van der Waals surface area (Å²) in [7, 11) is 5.59. The van der Waals surface area contributed by atoms with Gasteiger partial charge in [-0.25, -0.2) is 0 Å². The standard InChI is InChI=1S/C30H35N3O7/c1-31(2)6-5-11-38-24-14-19-22(17-23(24)36-3)30(35)33(8-4-7-32-9-12-37-13-10-32)28-20-15-25-26(40-18-39-25)16-21(20)29(34)27(19)28/h14-17H,4-13,18H2,1-3H3. The Labute approximate surface area is 232 Å². The van der Waals surface area contributed by atoms with Crippen LogP contribution in [-0.4, -0.2) is 94.1 Å². The first-order chi connectivity index (χ1) is 19.5. The van der Waals surface area contributed by atoms with Gasteiger partial charge in [-0.3, -0.25) is 14.5 Å². The van der Waals surface area contributed by atoms with E-state index in [1.807, 2.05) is 20.2 Å². The van der Waals surface area contributed by atoms with Crippen molar-refractivity contribution < 1.29 is 28.5 Å². The smallest absolute Gasteiger partial charge is 0.259 e. The van der Waals surface area contributed by atoms with Crippen LogP contribution in [0.2, 0.25) is 0 Å². The van der Waals surface area contributed by atoms with Gasteiger partial charge in [0.1, 0.15) is 0 Å². The molecular formula is C30H35N3O7. The van der Waals surface area contributed by atoms with Gasteiger partial charge in [-0.2, -0.15) is 0 Å². The van der Waals surface area contributed by atoms with Gasteiger partial charge in [0.15, 0.2) is 28.8 Å². The van der Waals surface area contributed by atoms with Crippen LogP contribution in [0.3, 0.4) is 0 Å². The van der Waals surface area contributed by atoms with Crippen molar-refractivity contribution in [1.29, 1.82) is 0 Å². The molecule has 0 bridgehead atoms. The fourth-order valence-corrected chi connectivity index (χ4v) is 5.75. The van der Waals surface area contributed by atoms with Gasteiger partial charge in [-0.1, -0.05) is 0 Å². The number of hydrogen-bond acceptors (Lipinski definition) is 9. The molecule has 0 unspecified atom stereocenters. The molecule has 10 heteroatoms. The van der Waals surface area contributed by atoms with Crippen molar-refractivity contribution in [2.75, 3.05) is 74.0 Å². The third kappa shape index (κ3) is 4.80. The summed E-state index contributed by atoms with van der Waals surface area (Å²) < 4.78 is 30.1. The Bertz CT molecular complexity index is 1510. The molecule has 0 atom stereocenters. The third-order valence-corrected chi connectivity index (χ3v) is 7.76. The Kier molecular flexibility index (Phi) is 7.39. The number of carbonyl (C=O) groups excluding carboxylic acids is 1. The van der Waals surface area contributed by atoms with E-state index in [9.17, 15) is 9.59 Å². The molecule has 1 saturated heterocycles. The Morgan fingerprint density at radius 2 is 1.62 bits per heavy atom. The summed E-state index contributed by atoms with van der Waals surface area (Å²) in [5.74, 6) is 1.96. The molecule has 1 aliphatic carbocycles. The van der Waals surface area contributed by atoms with Crippen LogP contribution in [0, 0.1) is 0 Å². The van der Waals surface area contributed by atoms with E-state index < -0.39 is 0 Å². The number of hydrogen-bond donors (Lipinski definition) is 0. The Balaban J connectivity index is 1.45. The maximum atomic E-state index is 14.1. The van der Waals surface area contributed by atoms with E-state index in [4.69, 9.17) is 23.7 Å². The molecule has 10 nitrogen and oxygen atoms in total. The lowest BCUT2D eigenvalue weighted by molar-refractivity contribution is 0.0369. The van der Waals surface area contributed by atoms with E-state index in [0.29, 0.717) is 69.3 Å². The number of fused-ring (bicyclic) bond motifs is 6. The Hall–Kier alpha value is -3.60. The summed E-state index contributed by atoms with van der Waals surface area (Å²) in [5.41, 5.74) is 2.17. The molecule has 0 spiro atoms. The zero-order valence-electron chi connectivity index (χ0n) is 23.3. The molecule has 1 aromatic heterocycles. The molecule has 3 heterocycles. The van der Waals surface area contributed by atoms with Crippen molar-refractivity contribution in [1.82, 2.24) is 14.4 Å². The van der Waals surface area contributed by atoms with E-state index >= 15 is 0 Å². The predicted octanol–water partition coefficient (Wildman–Crippen LogP) is 3.00. The van der Waals surface area contributed by atoms with Crippen LogP contribution in [0.1, 0.15) is 28.8 Å². The lowest BCUT2D eigenvalue weighted by Gasteiger charge is -2.26. The monoisotopic (exact) mass is 549 g/mol. The first-order valence-corrected chi connectivity index (χ1v) is 13.8. The SMILES string of the molecule is COc1cc2c(=O)n(CCCN3CCOCC3)c3c(c2cc1OCCCN(C)C)C(=O)c1cc2c(cc1-3)OCO2. The highest BCUT2D eigenvalue weighted by molar-refractivity contribution is 6.27. The number of ketones is 1. The second-order valence-corrected chi connectivity index (χ2v) is 10.6. The molecule has 0 saturated carbocycles. The number of morpholine rings is 1. The van der Waals surface area contributed by atoms with Crippen molar-refractivity contribution in [3.63, 3.8) is 0 Å². The molecule has 6 rings (SSSR count). The van der Waals surface area contributed by atoms with Crippen molar-refractivity contribution >= 4 is 16.6 Å². The summed E-state index contributed by atoms with van der Waals surface area (Å²) in [6.07, 6.45) is 1.59. The van der Waals surface area contributed by atoms with Crippen LogP contribution in [0.4, 0.5) is 0 Å². The zero-order chi connectivity index (χ0) is 27.8. The minimum Gasteiger partial charge on any atom is -0.493 e. The molecule has 1 fully saturated rings. The van der Waals surface area contributed by atoms with Crippen LogP contribution in [0.25, 0.3) is 22.0 Å². The molecular weight excluding hydrogens is 514 g/mol. The highest BCUT2D eigenvalue weighted by atomic mass is 16.7. The van der Waals surface area contributed by atoms with Crippen molar-refractivity contribution in [3.05, 3.63) is 45.7 Å². The van der Waals surface area contributed by atoms with Crippen molar-refractivity contribution in [2.24, 2.45) is 0 Å². The summed E-state index contributed by atoms with van der Waals surface area (Å²) in [6, 6.07) is 7.05. The highest BCUT2D eigenvalue weighted by Crippen LogP contribution is 2.47. The molecule has 3 aromatic rings. The number of nitrogens with zero attached hydrogens (tertiary/aromatic N) is 3. The Morgan fingerprint density at radius 3 is 2.35 bits per heavy atom. The summed E-state index contributed by atoms with van der Waals surface area (Å²) in [4.78, 5) is 32.5. The van der Waals surface area contributed by atoms with Gasteiger partial charge >= 0.3 is 0 Å². The normalized spacial score (nSPS) is 16.1. The third-order valence-electron chi connectivity index (χ3n) is 7.76.